The summed E-state index contributed by atoms with van der Waals surface area (Å²) in [6.45, 7) is 4.30. The fraction of sp³-hybridized carbons (Fsp3) is 0.962. The number of hydrogen-bond acceptors (Lipinski definition) is 8. The molecule has 0 saturated heterocycles. The van der Waals surface area contributed by atoms with Gasteiger partial charge >= 0.3 is 11.9 Å². The van der Waals surface area contributed by atoms with E-state index in [2.05, 4.69) is 13.8 Å². The van der Waals surface area contributed by atoms with E-state index < -0.39 is 26.5 Å². The number of hydrogen-bond donors (Lipinski definition) is 0. The molecule has 0 amide bonds. The van der Waals surface area contributed by atoms with Crippen molar-refractivity contribution in [1.29, 1.82) is 0 Å². The lowest BCUT2D eigenvalue weighted by Gasteiger charge is -2.28. The number of carbonyl (C=O) groups excluding carboxylic acids is 2. The van der Waals surface area contributed by atoms with Gasteiger partial charge in [0.2, 0.25) is 0 Å². The number of phosphoric acid groups is 1. The molecule has 0 aromatic rings. The minimum Gasteiger partial charge on any atom is -0.756 e. The third kappa shape index (κ3) is 48.5. The van der Waals surface area contributed by atoms with Crippen LogP contribution in [0.15, 0.2) is 0 Å². The molecule has 0 rings (SSSR count). The molecule has 0 aliphatic rings. The van der Waals surface area contributed by atoms with Gasteiger partial charge in [0.25, 0.3) is 7.82 Å². The number of quaternary nitrogens is 1. The van der Waals surface area contributed by atoms with Gasteiger partial charge in [0, 0.05) is 12.8 Å². The standard InChI is InChI=1S/C52H104NO8P/c1-6-8-10-12-14-16-18-20-22-24-26-28-30-32-34-36-38-40-42-44-51(54)58-48-50(49-60-62(56,57)59-47-46-53(3,4)5)61-52(55)45-43-41-39-37-35-33-31-29-27-25-23-21-19-17-15-13-11-9-7-2/h50H,6-49H2,1-5H3. The number of nitrogens with zero attached hydrogens (tertiary/aromatic N) is 1. The Morgan fingerprint density at radius 3 is 1.03 bits per heavy atom. The summed E-state index contributed by atoms with van der Waals surface area (Å²) in [5.74, 6) is -0.812. The molecule has 62 heavy (non-hydrogen) atoms. The summed E-state index contributed by atoms with van der Waals surface area (Å²) in [6.07, 6.45) is 48.4. The normalized spacial score (nSPS) is 13.3. The zero-order valence-corrected chi connectivity index (χ0v) is 42.7. The van der Waals surface area contributed by atoms with Crippen LogP contribution in [0.5, 0.6) is 0 Å². The summed E-state index contributed by atoms with van der Waals surface area (Å²) in [7, 11) is 1.19. The van der Waals surface area contributed by atoms with Gasteiger partial charge < -0.3 is 27.9 Å². The highest BCUT2D eigenvalue weighted by Crippen LogP contribution is 2.38. The van der Waals surface area contributed by atoms with E-state index in [-0.39, 0.29) is 32.0 Å². The summed E-state index contributed by atoms with van der Waals surface area (Å²) in [5, 5.41) is 0. The quantitative estimate of drug-likeness (QED) is 0.0257. The largest absolute Gasteiger partial charge is 0.756 e. The molecule has 0 aliphatic carbocycles. The molecule has 0 spiro atoms. The van der Waals surface area contributed by atoms with E-state index in [0.29, 0.717) is 17.4 Å². The predicted molar refractivity (Wildman–Crippen MR) is 259 cm³/mol. The van der Waals surface area contributed by atoms with Crippen LogP contribution in [0.25, 0.3) is 0 Å². The van der Waals surface area contributed by atoms with Crippen LogP contribution in [0.2, 0.25) is 0 Å². The first-order valence-electron chi connectivity index (χ1n) is 26.7. The van der Waals surface area contributed by atoms with Crippen molar-refractivity contribution in [1.82, 2.24) is 0 Å². The Kier molecular flexibility index (Phi) is 44.5. The molecule has 10 heteroatoms. The number of likely N-dealkylation sites (N-methyl/N-ethyl adjacent to an activating group) is 1. The first-order valence-corrected chi connectivity index (χ1v) is 28.2. The van der Waals surface area contributed by atoms with Gasteiger partial charge in [-0.3, -0.25) is 14.2 Å². The van der Waals surface area contributed by atoms with Gasteiger partial charge in [0.05, 0.1) is 27.7 Å². The second kappa shape index (κ2) is 45.2. The second-order valence-electron chi connectivity index (χ2n) is 19.6. The second-order valence-corrected chi connectivity index (χ2v) is 21.0. The molecule has 9 nitrogen and oxygen atoms in total. The molecule has 0 aliphatic heterocycles. The SMILES string of the molecule is CCCCCCCCCCCCCCCCCCCCCC(=O)OCC(COP(=O)([O-])OCC[N+](C)(C)C)OC(=O)CCCCCCCCCCCCCCCCCCCCC. The lowest BCUT2D eigenvalue weighted by molar-refractivity contribution is -0.870. The lowest BCUT2D eigenvalue weighted by Crippen LogP contribution is -2.37. The van der Waals surface area contributed by atoms with E-state index in [1.165, 1.54) is 205 Å². The van der Waals surface area contributed by atoms with Crippen molar-refractivity contribution in [3.8, 4) is 0 Å². The van der Waals surface area contributed by atoms with Crippen LogP contribution < -0.4 is 4.89 Å². The fourth-order valence-electron chi connectivity index (χ4n) is 7.95. The molecule has 0 saturated carbocycles. The number of unbranched alkanes of at least 4 members (excludes halogenated alkanes) is 36. The van der Waals surface area contributed by atoms with Gasteiger partial charge in [0.1, 0.15) is 19.8 Å². The van der Waals surface area contributed by atoms with Gasteiger partial charge in [-0.2, -0.15) is 0 Å². The lowest BCUT2D eigenvalue weighted by atomic mass is 10.0. The van der Waals surface area contributed by atoms with E-state index in [0.717, 1.165) is 32.1 Å². The van der Waals surface area contributed by atoms with E-state index >= 15 is 0 Å². The van der Waals surface area contributed by atoms with Crippen molar-refractivity contribution < 1.29 is 42.1 Å². The molecule has 0 aromatic heterocycles. The summed E-state index contributed by atoms with van der Waals surface area (Å²) in [5.41, 5.74) is 0. The maximum absolute atomic E-state index is 12.7. The summed E-state index contributed by atoms with van der Waals surface area (Å²) >= 11 is 0. The monoisotopic (exact) mass is 902 g/mol. The minimum absolute atomic E-state index is 0.0252. The summed E-state index contributed by atoms with van der Waals surface area (Å²) in [6, 6.07) is 0. The Morgan fingerprint density at radius 2 is 0.726 bits per heavy atom. The third-order valence-corrected chi connectivity index (χ3v) is 13.1. The van der Waals surface area contributed by atoms with Gasteiger partial charge in [0.15, 0.2) is 6.10 Å². The van der Waals surface area contributed by atoms with Crippen LogP contribution in [-0.4, -0.2) is 70.0 Å². The molecule has 0 bridgehead atoms. The molecule has 0 radical (unpaired) electrons. The third-order valence-electron chi connectivity index (χ3n) is 12.1. The average Bonchev–Trinajstić information content (AvgIpc) is 3.23. The number of esters is 2. The minimum atomic E-state index is -4.62. The molecule has 2 atom stereocenters. The molecule has 370 valence electrons. The van der Waals surface area contributed by atoms with Crippen LogP contribution >= 0.6 is 7.82 Å². The Hall–Kier alpha value is -0.990. The van der Waals surface area contributed by atoms with Gasteiger partial charge in [-0.1, -0.05) is 245 Å². The molecular weight excluding hydrogens is 798 g/mol. The number of phosphoric ester groups is 1. The Bertz CT molecular complexity index is 1020. The highest BCUT2D eigenvalue weighted by atomic mass is 31.2. The van der Waals surface area contributed by atoms with Crippen molar-refractivity contribution in [2.45, 2.75) is 277 Å². The van der Waals surface area contributed by atoms with Crippen LogP contribution in [0.3, 0.4) is 0 Å². The number of rotatable bonds is 50. The molecule has 0 N–H and O–H groups in total. The van der Waals surface area contributed by atoms with E-state index in [4.69, 9.17) is 18.5 Å². The molecule has 2 unspecified atom stereocenters. The number of carbonyl (C=O) groups is 2. The first kappa shape index (κ1) is 61.0. The summed E-state index contributed by atoms with van der Waals surface area (Å²) < 4.78 is 34.1. The maximum Gasteiger partial charge on any atom is 0.306 e. The van der Waals surface area contributed by atoms with Crippen LogP contribution in [0.4, 0.5) is 0 Å². The van der Waals surface area contributed by atoms with Crippen LogP contribution in [0.1, 0.15) is 271 Å². The Labute approximate surface area is 384 Å². The van der Waals surface area contributed by atoms with Crippen molar-refractivity contribution in [3.63, 3.8) is 0 Å². The Morgan fingerprint density at radius 1 is 0.435 bits per heavy atom. The topological polar surface area (TPSA) is 111 Å². The van der Waals surface area contributed by atoms with Gasteiger partial charge in [-0.15, -0.1) is 0 Å². The Balaban J connectivity index is 4.17. The first-order chi connectivity index (χ1) is 30.0. The van der Waals surface area contributed by atoms with Crippen molar-refractivity contribution in [2.24, 2.45) is 0 Å². The van der Waals surface area contributed by atoms with E-state index in [1.807, 2.05) is 21.1 Å². The molecule has 0 fully saturated rings. The van der Waals surface area contributed by atoms with Crippen LogP contribution in [-0.2, 0) is 32.7 Å². The zero-order chi connectivity index (χ0) is 45.7. The predicted octanol–water partition coefficient (Wildman–Crippen LogP) is 15.3. The average molecular weight is 902 g/mol. The van der Waals surface area contributed by atoms with Gasteiger partial charge in [-0.05, 0) is 12.8 Å². The summed E-state index contributed by atoms with van der Waals surface area (Å²) in [4.78, 5) is 37.7. The highest BCUT2D eigenvalue weighted by molar-refractivity contribution is 7.45. The number of ether oxygens (including phenoxy) is 2. The zero-order valence-electron chi connectivity index (χ0n) is 41.9. The smallest absolute Gasteiger partial charge is 0.306 e. The molecule has 0 aromatic carbocycles. The van der Waals surface area contributed by atoms with Crippen molar-refractivity contribution in [3.05, 3.63) is 0 Å². The van der Waals surface area contributed by atoms with Crippen molar-refractivity contribution in [2.75, 3.05) is 47.5 Å². The molecule has 0 heterocycles. The highest BCUT2D eigenvalue weighted by Gasteiger charge is 2.21. The fourth-order valence-corrected chi connectivity index (χ4v) is 8.68. The van der Waals surface area contributed by atoms with Gasteiger partial charge in [-0.25, -0.2) is 0 Å². The molecular formula is C52H104NO8P. The maximum atomic E-state index is 12.7. The van der Waals surface area contributed by atoms with Crippen molar-refractivity contribution >= 4 is 19.8 Å². The van der Waals surface area contributed by atoms with E-state index in [9.17, 15) is 19.0 Å². The van der Waals surface area contributed by atoms with E-state index in [1.54, 1.807) is 0 Å². The van der Waals surface area contributed by atoms with Crippen LogP contribution in [0, 0.1) is 0 Å².